The molecule has 1 unspecified atom stereocenters. The highest BCUT2D eigenvalue weighted by atomic mass is 79.9. The van der Waals surface area contributed by atoms with Crippen LogP contribution in [-0.2, 0) is 9.53 Å². The van der Waals surface area contributed by atoms with Crippen molar-refractivity contribution >= 4 is 35.7 Å². The van der Waals surface area contributed by atoms with E-state index in [1.54, 1.807) is 0 Å². The molecule has 1 aromatic carbocycles. The van der Waals surface area contributed by atoms with E-state index in [0.717, 1.165) is 6.04 Å². The van der Waals surface area contributed by atoms with Crippen LogP contribution in [0.25, 0.3) is 0 Å². The van der Waals surface area contributed by atoms with Crippen molar-refractivity contribution < 1.29 is 23.1 Å². The predicted octanol–water partition coefficient (Wildman–Crippen LogP) is 4.21. The summed E-state index contributed by atoms with van der Waals surface area (Å²) in [4.78, 5) is 26.0. The largest absolute Gasteiger partial charge is 0.361 e. The lowest BCUT2D eigenvalue weighted by Gasteiger charge is -2.24. The van der Waals surface area contributed by atoms with Crippen LogP contribution < -0.4 is 0 Å². The van der Waals surface area contributed by atoms with Gasteiger partial charge in [-0.25, -0.2) is 8.78 Å². The first-order valence-corrected chi connectivity index (χ1v) is 12.7. The van der Waals surface area contributed by atoms with Crippen LogP contribution in [0, 0.1) is 11.6 Å². The molecule has 0 saturated carbocycles. The molecule has 1 heterocycles. The highest BCUT2D eigenvalue weighted by molar-refractivity contribution is 9.10. The van der Waals surface area contributed by atoms with Gasteiger partial charge in [-0.3, -0.25) is 9.59 Å². The zero-order valence-electron chi connectivity index (χ0n) is 14.6. The Morgan fingerprint density at radius 3 is 2.64 bits per heavy atom. The minimum absolute atomic E-state index is 0.000346. The molecule has 2 rings (SSSR count). The molecular formula is C17H22BrF2NO3Si. The molecule has 1 atom stereocenters. The molecule has 1 aliphatic rings. The summed E-state index contributed by atoms with van der Waals surface area (Å²) in [6.07, 6.45) is 0.487. The van der Waals surface area contributed by atoms with Gasteiger partial charge in [0.05, 0.1) is 16.1 Å². The fourth-order valence-corrected chi connectivity index (χ4v) is 3.67. The smallest absolute Gasteiger partial charge is 0.225 e. The van der Waals surface area contributed by atoms with Crippen LogP contribution in [0.4, 0.5) is 8.78 Å². The van der Waals surface area contributed by atoms with Gasteiger partial charge in [0.25, 0.3) is 0 Å². The average Bonchev–Trinajstić information content (AvgIpc) is 2.89. The third-order valence-electron chi connectivity index (χ3n) is 4.16. The molecule has 25 heavy (non-hydrogen) atoms. The number of amides is 1. The summed E-state index contributed by atoms with van der Waals surface area (Å²) in [6, 6.07) is 2.66. The predicted molar refractivity (Wildman–Crippen MR) is 97.2 cm³/mol. The van der Waals surface area contributed by atoms with Crippen molar-refractivity contribution in [3.05, 3.63) is 33.8 Å². The number of rotatable bonds is 7. The Balaban J connectivity index is 2.08. The van der Waals surface area contributed by atoms with Crippen molar-refractivity contribution in [2.75, 3.05) is 13.3 Å². The van der Waals surface area contributed by atoms with E-state index < -0.39 is 31.5 Å². The lowest BCUT2D eigenvalue weighted by Crippen LogP contribution is -2.40. The zero-order valence-corrected chi connectivity index (χ0v) is 17.2. The molecule has 0 aliphatic carbocycles. The Labute approximate surface area is 155 Å². The molecule has 1 aromatic rings. The molecule has 8 heteroatoms. The second kappa shape index (κ2) is 8.05. The van der Waals surface area contributed by atoms with E-state index in [1.165, 1.54) is 17.0 Å². The summed E-state index contributed by atoms with van der Waals surface area (Å²) in [5, 5.41) is 0. The van der Waals surface area contributed by atoms with Gasteiger partial charge in [0.2, 0.25) is 5.91 Å². The summed E-state index contributed by atoms with van der Waals surface area (Å²) in [5.41, 5.74) is -0.340. The third kappa shape index (κ3) is 4.95. The zero-order chi connectivity index (χ0) is 18.8. The van der Waals surface area contributed by atoms with Gasteiger partial charge >= 0.3 is 0 Å². The number of ketones is 1. The number of likely N-dealkylation sites (tertiary alicyclic amines) is 1. The van der Waals surface area contributed by atoms with Gasteiger partial charge in [-0.05, 0) is 40.5 Å². The van der Waals surface area contributed by atoms with Gasteiger partial charge in [-0.1, -0.05) is 19.6 Å². The van der Waals surface area contributed by atoms with E-state index in [-0.39, 0.29) is 35.5 Å². The first-order valence-electron chi connectivity index (χ1n) is 8.17. The van der Waals surface area contributed by atoms with E-state index in [1.807, 2.05) is 0 Å². The second-order valence-electron chi connectivity index (χ2n) is 7.35. The topological polar surface area (TPSA) is 46.6 Å². The van der Waals surface area contributed by atoms with Crippen LogP contribution in [0.5, 0.6) is 0 Å². The molecule has 138 valence electrons. The minimum atomic E-state index is -1.25. The first-order chi connectivity index (χ1) is 11.6. The molecule has 1 saturated heterocycles. The highest BCUT2D eigenvalue weighted by Gasteiger charge is 2.37. The Morgan fingerprint density at radius 2 is 2.00 bits per heavy atom. The van der Waals surface area contributed by atoms with Gasteiger partial charge in [0.1, 0.15) is 6.73 Å². The van der Waals surface area contributed by atoms with E-state index in [9.17, 15) is 18.4 Å². The standard InChI is InChI=1S/C17H22BrF2NO3Si/c1-25(2,3)9-8-24-10-21-13(6-7-14(21)22)17(23)11-4-5-12(18)16(20)15(11)19/h4-5,13H,6-10H2,1-3H3. The summed E-state index contributed by atoms with van der Waals surface area (Å²) in [5.74, 6) is -3.10. The number of Topliss-reactive ketones (excluding diaryl/α,β-unsaturated/α-hetero) is 1. The molecule has 1 fully saturated rings. The van der Waals surface area contributed by atoms with E-state index >= 15 is 0 Å². The highest BCUT2D eigenvalue weighted by Crippen LogP contribution is 2.27. The summed E-state index contributed by atoms with van der Waals surface area (Å²) >= 11 is 2.88. The number of carbonyl (C=O) groups excluding carboxylic acids is 2. The molecule has 4 nitrogen and oxygen atoms in total. The summed E-state index contributed by atoms with van der Waals surface area (Å²) < 4.78 is 33.3. The molecular weight excluding hydrogens is 412 g/mol. The fraction of sp³-hybridized carbons (Fsp3) is 0.529. The van der Waals surface area contributed by atoms with Crippen molar-refractivity contribution in [3.63, 3.8) is 0 Å². The number of ether oxygens (including phenoxy) is 1. The van der Waals surface area contributed by atoms with Crippen molar-refractivity contribution in [2.24, 2.45) is 0 Å². The second-order valence-corrected chi connectivity index (χ2v) is 13.8. The van der Waals surface area contributed by atoms with Crippen molar-refractivity contribution in [3.8, 4) is 0 Å². The molecule has 0 bridgehead atoms. The maximum absolute atomic E-state index is 14.1. The summed E-state index contributed by atoms with van der Waals surface area (Å²) in [7, 11) is -1.25. The Hall–Kier alpha value is -1.12. The molecule has 0 spiro atoms. The van der Waals surface area contributed by atoms with Crippen LogP contribution >= 0.6 is 15.9 Å². The van der Waals surface area contributed by atoms with E-state index in [0.29, 0.717) is 6.61 Å². The number of benzene rings is 1. The Morgan fingerprint density at radius 1 is 1.32 bits per heavy atom. The van der Waals surface area contributed by atoms with Gasteiger partial charge in [-0.15, -0.1) is 0 Å². The number of halogens is 3. The average molecular weight is 434 g/mol. The molecule has 1 amide bonds. The van der Waals surface area contributed by atoms with Gasteiger partial charge in [0.15, 0.2) is 17.4 Å². The fourth-order valence-electron chi connectivity index (χ4n) is 2.61. The monoisotopic (exact) mass is 433 g/mol. The lowest BCUT2D eigenvalue weighted by molar-refractivity contribution is -0.133. The Bertz CT molecular complexity index is 679. The summed E-state index contributed by atoms with van der Waals surface area (Å²) in [6.45, 7) is 7.17. The van der Waals surface area contributed by atoms with E-state index in [2.05, 4.69) is 35.6 Å². The van der Waals surface area contributed by atoms with E-state index in [4.69, 9.17) is 4.74 Å². The van der Waals surface area contributed by atoms with Crippen molar-refractivity contribution in [2.45, 2.75) is 44.6 Å². The van der Waals surface area contributed by atoms with Gasteiger partial charge in [-0.2, -0.15) is 0 Å². The minimum Gasteiger partial charge on any atom is -0.361 e. The van der Waals surface area contributed by atoms with Crippen LogP contribution in [-0.4, -0.2) is 44.0 Å². The quantitative estimate of drug-likeness (QED) is 0.280. The molecule has 0 radical (unpaired) electrons. The third-order valence-corrected chi connectivity index (χ3v) is 6.47. The van der Waals surface area contributed by atoms with Gasteiger partial charge in [0, 0.05) is 21.1 Å². The number of hydrogen-bond acceptors (Lipinski definition) is 3. The van der Waals surface area contributed by atoms with Crippen LogP contribution in [0.2, 0.25) is 25.7 Å². The SMILES string of the molecule is C[Si](C)(C)CCOCN1C(=O)CCC1C(=O)c1ccc(Br)c(F)c1F. The number of carbonyl (C=O) groups is 2. The first kappa shape index (κ1) is 20.2. The van der Waals surface area contributed by atoms with Crippen molar-refractivity contribution in [1.29, 1.82) is 0 Å². The number of nitrogens with zero attached hydrogens (tertiary/aromatic N) is 1. The lowest BCUT2D eigenvalue weighted by atomic mass is 10.0. The van der Waals surface area contributed by atoms with Crippen molar-refractivity contribution in [1.82, 2.24) is 4.90 Å². The normalized spacial score (nSPS) is 18.1. The van der Waals surface area contributed by atoms with Crippen LogP contribution in [0.1, 0.15) is 23.2 Å². The van der Waals surface area contributed by atoms with Crippen LogP contribution in [0.3, 0.4) is 0 Å². The Kier molecular flexibility index (Phi) is 6.50. The molecule has 1 aliphatic heterocycles. The maximum atomic E-state index is 14.1. The number of hydrogen-bond donors (Lipinski definition) is 0. The van der Waals surface area contributed by atoms with Gasteiger partial charge < -0.3 is 9.64 Å². The molecule has 0 N–H and O–H groups in total. The molecule has 0 aromatic heterocycles. The maximum Gasteiger partial charge on any atom is 0.225 e. The van der Waals surface area contributed by atoms with Crippen LogP contribution in [0.15, 0.2) is 16.6 Å².